The van der Waals surface area contributed by atoms with Crippen LogP contribution < -0.4 is 11.1 Å². The Labute approximate surface area is 103 Å². The zero-order valence-electron chi connectivity index (χ0n) is 10.4. The summed E-state index contributed by atoms with van der Waals surface area (Å²) in [5.74, 6) is -0.0191. The second-order valence-corrected chi connectivity index (χ2v) is 3.84. The third-order valence-electron chi connectivity index (χ3n) is 2.64. The van der Waals surface area contributed by atoms with Gasteiger partial charge in [0.05, 0.1) is 0 Å². The maximum atomic E-state index is 11.7. The second-order valence-electron chi connectivity index (χ2n) is 3.84. The van der Waals surface area contributed by atoms with Gasteiger partial charge in [-0.1, -0.05) is 25.1 Å². The number of likely N-dealkylation sites (N-methyl/N-ethyl adjacent to an activating group) is 1. The summed E-state index contributed by atoms with van der Waals surface area (Å²) in [4.78, 5) is 13.9. The van der Waals surface area contributed by atoms with Gasteiger partial charge in [0.25, 0.3) is 5.91 Å². The summed E-state index contributed by atoms with van der Waals surface area (Å²) in [6.45, 7) is 6.07. The third-order valence-corrected chi connectivity index (χ3v) is 2.64. The SMILES string of the molecule is CCN(CCN)CCNC(=O)c1ccccc1. The van der Waals surface area contributed by atoms with Crippen LogP contribution in [-0.4, -0.2) is 43.5 Å². The molecule has 0 aliphatic heterocycles. The van der Waals surface area contributed by atoms with Crippen molar-refractivity contribution in [3.05, 3.63) is 35.9 Å². The van der Waals surface area contributed by atoms with Crippen LogP contribution in [0.4, 0.5) is 0 Å². The van der Waals surface area contributed by atoms with Gasteiger partial charge in [-0.3, -0.25) is 4.79 Å². The first kappa shape index (κ1) is 13.7. The molecule has 1 aromatic rings. The molecule has 4 heteroatoms. The quantitative estimate of drug-likeness (QED) is 0.731. The molecule has 3 N–H and O–H groups in total. The highest BCUT2D eigenvalue weighted by Crippen LogP contribution is 1.97. The maximum Gasteiger partial charge on any atom is 0.251 e. The molecule has 0 fully saturated rings. The molecule has 94 valence electrons. The van der Waals surface area contributed by atoms with Crippen LogP contribution in [0.25, 0.3) is 0 Å². The maximum absolute atomic E-state index is 11.7. The standard InChI is InChI=1S/C13H21N3O/c1-2-16(10-8-14)11-9-15-13(17)12-6-4-3-5-7-12/h3-7H,2,8-11,14H2,1H3,(H,15,17). The predicted molar refractivity (Wildman–Crippen MR) is 69.9 cm³/mol. The largest absolute Gasteiger partial charge is 0.351 e. The monoisotopic (exact) mass is 235 g/mol. The first-order valence-corrected chi connectivity index (χ1v) is 6.03. The fourth-order valence-electron chi connectivity index (χ4n) is 1.63. The topological polar surface area (TPSA) is 58.4 Å². The Morgan fingerprint density at radius 2 is 2.00 bits per heavy atom. The highest BCUT2D eigenvalue weighted by atomic mass is 16.1. The lowest BCUT2D eigenvalue weighted by Crippen LogP contribution is -2.37. The second kappa shape index (κ2) is 7.81. The molecular weight excluding hydrogens is 214 g/mol. The number of rotatable bonds is 7. The van der Waals surface area contributed by atoms with Crippen molar-refractivity contribution in [1.82, 2.24) is 10.2 Å². The minimum Gasteiger partial charge on any atom is -0.351 e. The molecule has 1 aromatic carbocycles. The Morgan fingerprint density at radius 3 is 2.59 bits per heavy atom. The summed E-state index contributed by atoms with van der Waals surface area (Å²) in [5.41, 5.74) is 6.20. The van der Waals surface area contributed by atoms with Crippen molar-refractivity contribution in [2.45, 2.75) is 6.92 Å². The number of carbonyl (C=O) groups is 1. The van der Waals surface area contributed by atoms with Crippen molar-refractivity contribution < 1.29 is 4.79 Å². The van der Waals surface area contributed by atoms with E-state index in [1.165, 1.54) is 0 Å². The smallest absolute Gasteiger partial charge is 0.251 e. The van der Waals surface area contributed by atoms with E-state index in [1.54, 1.807) is 0 Å². The molecule has 0 unspecified atom stereocenters. The van der Waals surface area contributed by atoms with Crippen LogP contribution in [0.3, 0.4) is 0 Å². The van der Waals surface area contributed by atoms with Crippen LogP contribution in [0, 0.1) is 0 Å². The number of hydrogen-bond acceptors (Lipinski definition) is 3. The molecule has 0 aliphatic carbocycles. The van der Waals surface area contributed by atoms with Gasteiger partial charge in [-0.25, -0.2) is 0 Å². The number of nitrogens with two attached hydrogens (primary N) is 1. The van der Waals surface area contributed by atoms with E-state index in [4.69, 9.17) is 5.73 Å². The Balaban J connectivity index is 2.29. The fourth-order valence-corrected chi connectivity index (χ4v) is 1.63. The molecule has 0 atom stereocenters. The Kier molecular flexibility index (Phi) is 6.29. The Morgan fingerprint density at radius 1 is 1.29 bits per heavy atom. The summed E-state index contributed by atoms with van der Waals surface area (Å²) in [6, 6.07) is 9.25. The van der Waals surface area contributed by atoms with Crippen LogP contribution >= 0.6 is 0 Å². The zero-order valence-corrected chi connectivity index (χ0v) is 10.4. The number of hydrogen-bond donors (Lipinski definition) is 2. The highest BCUT2D eigenvalue weighted by Gasteiger charge is 2.05. The first-order valence-electron chi connectivity index (χ1n) is 6.03. The van der Waals surface area contributed by atoms with Gasteiger partial charge in [0, 0.05) is 31.7 Å². The Bertz CT molecular complexity index is 327. The molecule has 1 rings (SSSR count). The highest BCUT2D eigenvalue weighted by molar-refractivity contribution is 5.94. The number of nitrogens with one attached hydrogen (secondary N) is 1. The van der Waals surface area contributed by atoms with Crippen LogP contribution in [0.2, 0.25) is 0 Å². The molecular formula is C13H21N3O. The van der Waals surface area contributed by atoms with Crippen molar-refractivity contribution in [3.8, 4) is 0 Å². The number of carbonyl (C=O) groups excluding carboxylic acids is 1. The van der Waals surface area contributed by atoms with E-state index in [2.05, 4.69) is 17.1 Å². The van der Waals surface area contributed by atoms with Crippen molar-refractivity contribution in [2.75, 3.05) is 32.7 Å². The van der Waals surface area contributed by atoms with E-state index < -0.39 is 0 Å². The molecule has 1 amide bonds. The van der Waals surface area contributed by atoms with Crippen LogP contribution in [0.5, 0.6) is 0 Å². The van der Waals surface area contributed by atoms with E-state index in [0.717, 1.165) is 19.6 Å². The van der Waals surface area contributed by atoms with E-state index in [0.29, 0.717) is 18.7 Å². The summed E-state index contributed by atoms with van der Waals surface area (Å²) in [6.07, 6.45) is 0. The molecule has 0 radical (unpaired) electrons. The van der Waals surface area contributed by atoms with Crippen LogP contribution in [0.15, 0.2) is 30.3 Å². The molecule has 17 heavy (non-hydrogen) atoms. The van der Waals surface area contributed by atoms with Gasteiger partial charge in [0.1, 0.15) is 0 Å². The average molecular weight is 235 g/mol. The van der Waals surface area contributed by atoms with Crippen molar-refractivity contribution in [1.29, 1.82) is 0 Å². The van der Waals surface area contributed by atoms with Crippen LogP contribution in [-0.2, 0) is 0 Å². The number of benzene rings is 1. The van der Waals surface area contributed by atoms with Gasteiger partial charge >= 0.3 is 0 Å². The van der Waals surface area contributed by atoms with Gasteiger partial charge in [-0.05, 0) is 18.7 Å². The molecule has 4 nitrogen and oxygen atoms in total. The summed E-state index contributed by atoms with van der Waals surface area (Å²) < 4.78 is 0. The van der Waals surface area contributed by atoms with Crippen LogP contribution in [0.1, 0.15) is 17.3 Å². The van der Waals surface area contributed by atoms with Crippen molar-refractivity contribution in [2.24, 2.45) is 5.73 Å². The lowest BCUT2D eigenvalue weighted by Gasteiger charge is -2.19. The lowest BCUT2D eigenvalue weighted by molar-refractivity contribution is 0.0949. The van der Waals surface area contributed by atoms with E-state index in [1.807, 2.05) is 30.3 Å². The molecule has 0 aromatic heterocycles. The normalized spacial score (nSPS) is 10.5. The van der Waals surface area contributed by atoms with Gasteiger partial charge in [0.15, 0.2) is 0 Å². The molecule has 0 aliphatic rings. The first-order chi connectivity index (χ1) is 8.27. The van der Waals surface area contributed by atoms with Crippen molar-refractivity contribution >= 4 is 5.91 Å². The lowest BCUT2D eigenvalue weighted by atomic mass is 10.2. The Hall–Kier alpha value is -1.39. The van der Waals surface area contributed by atoms with Crippen molar-refractivity contribution in [3.63, 3.8) is 0 Å². The minimum atomic E-state index is -0.0191. The third kappa shape index (κ3) is 4.97. The number of nitrogens with zero attached hydrogens (tertiary/aromatic N) is 1. The molecule has 0 spiro atoms. The van der Waals surface area contributed by atoms with E-state index >= 15 is 0 Å². The average Bonchev–Trinajstić information content (AvgIpc) is 2.38. The van der Waals surface area contributed by atoms with Gasteiger partial charge in [-0.2, -0.15) is 0 Å². The molecule has 0 heterocycles. The molecule has 0 saturated heterocycles. The molecule has 0 bridgehead atoms. The predicted octanol–water partition coefficient (Wildman–Crippen LogP) is 0.697. The fraction of sp³-hybridized carbons (Fsp3) is 0.462. The van der Waals surface area contributed by atoms with E-state index in [-0.39, 0.29) is 5.91 Å². The zero-order chi connectivity index (χ0) is 12.5. The summed E-state index contributed by atoms with van der Waals surface area (Å²) >= 11 is 0. The minimum absolute atomic E-state index is 0.0191. The summed E-state index contributed by atoms with van der Waals surface area (Å²) in [5, 5.41) is 2.90. The van der Waals surface area contributed by atoms with E-state index in [9.17, 15) is 4.79 Å². The number of amides is 1. The summed E-state index contributed by atoms with van der Waals surface area (Å²) in [7, 11) is 0. The van der Waals surface area contributed by atoms with Gasteiger partial charge in [-0.15, -0.1) is 0 Å². The van der Waals surface area contributed by atoms with Gasteiger partial charge in [0.2, 0.25) is 0 Å². The molecule has 0 saturated carbocycles. The van der Waals surface area contributed by atoms with Gasteiger partial charge < -0.3 is 16.0 Å².